The standard InChI is InChI=1S/C44H82O6/c1-4-7-10-13-16-17-18-19-20-21-22-23-24-25-26-27-29-31-34-37-43(46)49-40-41(39-48-42(45)36-33-30-15-12-9-6-3)50-44(47)38-35-32-28-14-11-8-5-2/h19-20,41H,4-18,21-40H2,1-3H3/b20-19-. The first-order chi connectivity index (χ1) is 24.5. The van der Waals surface area contributed by atoms with E-state index in [0.29, 0.717) is 19.3 Å². The number of carbonyl (C=O) groups excluding carboxylic acids is 3. The van der Waals surface area contributed by atoms with Crippen LogP contribution < -0.4 is 0 Å². The van der Waals surface area contributed by atoms with Gasteiger partial charge in [0, 0.05) is 19.3 Å². The van der Waals surface area contributed by atoms with Crippen LogP contribution in [0.2, 0.25) is 0 Å². The Morgan fingerprint density at radius 3 is 1.00 bits per heavy atom. The molecule has 0 heterocycles. The molecule has 0 saturated carbocycles. The molecule has 0 spiro atoms. The lowest BCUT2D eigenvalue weighted by atomic mass is 10.1. The normalized spacial score (nSPS) is 12.0. The molecule has 50 heavy (non-hydrogen) atoms. The summed E-state index contributed by atoms with van der Waals surface area (Å²) >= 11 is 0. The Bertz CT molecular complexity index is 778. The van der Waals surface area contributed by atoms with Gasteiger partial charge in [0.05, 0.1) is 0 Å². The van der Waals surface area contributed by atoms with E-state index in [4.69, 9.17) is 14.2 Å². The van der Waals surface area contributed by atoms with E-state index >= 15 is 0 Å². The van der Waals surface area contributed by atoms with Gasteiger partial charge in [-0.15, -0.1) is 0 Å². The highest BCUT2D eigenvalue weighted by Gasteiger charge is 2.19. The summed E-state index contributed by atoms with van der Waals surface area (Å²) in [6.45, 7) is 6.53. The highest BCUT2D eigenvalue weighted by atomic mass is 16.6. The molecule has 0 rings (SSSR count). The lowest BCUT2D eigenvalue weighted by Gasteiger charge is -2.18. The highest BCUT2D eigenvalue weighted by Crippen LogP contribution is 2.14. The second kappa shape index (κ2) is 39.9. The maximum atomic E-state index is 12.5. The third-order valence-corrected chi connectivity index (χ3v) is 9.52. The van der Waals surface area contributed by atoms with E-state index < -0.39 is 6.10 Å². The lowest BCUT2D eigenvalue weighted by molar-refractivity contribution is -0.167. The zero-order chi connectivity index (χ0) is 36.6. The van der Waals surface area contributed by atoms with Crippen LogP contribution >= 0.6 is 0 Å². The molecule has 0 radical (unpaired) electrons. The summed E-state index contributed by atoms with van der Waals surface area (Å²) in [7, 11) is 0. The second-order valence-corrected chi connectivity index (χ2v) is 14.6. The van der Waals surface area contributed by atoms with Crippen molar-refractivity contribution in [3.05, 3.63) is 12.2 Å². The van der Waals surface area contributed by atoms with Gasteiger partial charge in [-0.05, 0) is 44.9 Å². The van der Waals surface area contributed by atoms with Gasteiger partial charge in [-0.3, -0.25) is 14.4 Å². The zero-order valence-electron chi connectivity index (χ0n) is 33.4. The molecule has 6 heteroatoms. The van der Waals surface area contributed by atoms with Crippen molar-refractivity contribution in [2.45, 2.75) is 239 Å². The van der Waals surface area contributed by atoms with Gasteiger partial charge in [-0.1, -0.05) is 181 Å². The number of carbonyl (C=O) groups is 3. The van der Waals surface area contributed by atoms with Crippen LogP contribution in [-0.2, 0) is 28.6 Å². The smallest absolute Gasteiger partial charge is 0.306 e. The molecular weight excluding hydrogens is 624 g/mol. The van der Waals surface area contributed by atoms with Gasteiger partial charge in [-0.25, -0.2) is 0 Å². The Labute approximate surface area is 310 Å². The van der Waals surface area contributed by atoms with E-state index in [1.807, 2.05) is 0 Å². The number of esters is 3. The summed E-state index contributed by atoms with van der Waals surface area (Å²) in [5.41, 5.74) is 0. The molecule has 0 aromatic rings. The monoisotopic (exact) mass is 707 g/mol. The van der Waals surface area contributed by atoms with Crippen molar-refractivity contribution in [2.75, 3.05) is 13.2 Å². The number of allylic oxidation sites excluding steroid dienone is 2. The summed E-state index contributed by atoms with van der Waals surface area (Å²) < 4.78 is 16.5. The van der Waals surface area contributed by atoms with E-state index in [2.05, 4.69) is 32.9 Å². The molecule has 0 aliphatic rings. The van der Waals surface area contributed by atoms with Crippen molar-refractivity contribution >= 4 is 17.9 Å². The van der Waals surface area contributed by atoms with E-state index in [1.54, 1.807) is 0 Å². The first-order valence-electron chi connectivity index (χ1n) is 21.7. The van der Waals surface area contributed by atoms with Crippen LogP contribution in [0.5, 0.6) is 0 Å². The fourth-order valence-corrected chi connectivity index (χ4v) is 6.20. The van der Waals surface area contributed by atoms with Crippen molar-refractivity contribution in [3.8, 4) is 0 Å². The molecule has 0 saturated heterocycles. The Morgan fingerprint density at radius 1 is 0.380 bits per heavy atom. The SMILES string of the molecule is CCCCCCCC/C=C\CCCCCCCCCCCC(=O)OCC(COC(=O)CCCCCCCC)OC(=O)CCCCCCCCC. The number of unbranched alkanes of at least 4 members (excludes halogenated alkanes) is 26. The van der Waals surface area contributed by atoms with E-state index in [-0.39, 0.29) is 31.1 Å². The number of rotatable bonds is 39. The van der Waals surface area contributed by atoms with E-state index in [1.165, 1.54) is 135 Å². The predicted molar refractivity (Wildman–Crippen MR) is 210 cm³/mol. The summed E-state index contributed by atoms with van der Waals surface area (Å²) in [5, 5.41) is 0. The fourth-order valence-electron chi connectivity index (χ4n) is 6.20. The molecule has 0 bridgehead atoms. The number of hydrogen-bond acceptors (Lipinski definition) is 6. The van der Waals surface area contributed by atoms with Crippen LogP contribution in [0, 0.1) is 0 Å². The molecule has 6 nitrogen and oxygen atoms in total. The topological polar surface area (TPSA) is 78.9 Å². The van der Waals surface area contributed by atoms with Crippen LogP contribution in [0.15, 0.2) is 12.2 Å². The van der Waals surface area contributed by atoms with Crippen LogP contribution in [-0.4, -0.2) is 37.2 Å². The molecule has 0 amide bonds. The Kier molecular flexibility index (Phi) is 38.5. The first kappa shape index (κ1) is 48.1. The molecule has 0 aliphatic carbocycles. The molecule has 294 valence electrons. The van der Waals surface area contributed by atoms with Crippen molar-refractivity contribution < 1.29 is 28.6 Å². The molecule has 0 fully saturated rings. The predicted octanol–water partition coefficient (Wildman–Crippen LogP) is 13.5. The number of ether oxygens (including phenoxy) is 3. The maximum absolute atomic E-state index is 12.5. The first-order valence-corrected chi connectivity index (χ1v) is 21.7. The Balaban J connectivity index is 4.10. The van der Waals surface area contributed by atoms with Gasteiger partial charge in [0.2, 0.25) is 0 Å². The molecule has 1 unspecified atom stereocenters. The van der Waals surface area contributed by atoms with Crippen LogP contribution in [0.3, 0.4) is 0 Å². The minimum absolute atomic E-state index is 0.0686. The second-order valence-electron chi connectivity index (χ2n) is 14.6. The summed E-state index contributed by atoms with van der Waals surface area (Å²) in [6, 6.07) is 0. The minimum atomic E-state index is -0.759. The van der Waals surface area contributed by atoms with Crippen molar-refractivity contribution in [3.63, 3.8) is 0 Å². The van der Waals surface area contributed by atoms with Crippen LogP contribution in [0.1, 0.15) is 233 Å². The van der Waals surface area contributed by atoms with Gasteiger partial charge in [-0.2, -0.15) is 0 Å². The Hall–Kier alpha value is -1.85. The van der Waals surface area contributed by atoms with Gasteiger partial charge >= 0.3 is 17.9 Å². The quantitative estimate of drug-likeness (QED) is 0.0274. The van der Waals surface area contributed by atoms with Crippen molar-refractivity contribution in [2.24, 2.45) is 0 Å². The summed E-state index contributed by atoms with van der Waals surface area (Å²) in [5.74, 6) is -0.883. The van der Waals surface area contributed by atoms with E-state index in [9.17, 15) is 14.4 Å². The summed E-state index contributed by atoms with van der Waals surface area (Å²) in [6.07, 6.45) is 40.9. The van der Waals surface area contributed by atoms with Crippen molar-refractivity contribution in [1.82, 2.24) is 0 Å². The minimum Gasteiger partial charge on any atom is -0.462 e. The number of hydrogen-bond donors (Lipinski definition) is 0. The molecule has 1 atom stereocenters. The third kappa shape index (κ3) is 37.4. The molecular formula is C44H82O6. The largest absolute Gasteiger partial charge is 0.462 e. The lowest BCUT2D eigenvalue weighted by Crippen LogP contribution is -2.30. The maximum Gasteiger partial charge on any atom is 0.306 e. The van der Waals surface area contributed by atoms with E-state index in [0.717, 1.165) is 57.8 Å². The molecule has 0 N–H and O–H groups in total. The van der Waals surface area contributed by atoms with Gasteiger partial charge < -0.3 is 14.2 Å². The Morgan fingerprint density at radius 2 is 0.660 bits per heavy atom. The third-order valence-electron chi connectivity index (χ3n) is 9.52. The van der Waals surface area contributed by atoms with Gasteiger partial charge in [0.1, 0.15) is 13.2 Å². The molecule has 0 aromatic carbocycles. The molecule has 0 aromatic heterocycles. The van der Waals surface area contributed by atoms with Crippen LogP contribution in [0.4, 0.5) is 0 Å². The highest BCUT2D eigenvalue weighted by molar-refractivity contribution is 5.71. The molecule has 0 aliphatic heterocycles. The zero-order valence-corrected chi connectivity index (χ0v) is 33.4. The average molecular weight is 707 g/mol. The van der Waals surface area contributed by atoms with Gasteiger partial charge in [0.25, 0.3) is 0 Å². The fraction of sp³-hybridized carbons (Fsp3) is 0.886. The summed E-state index contributed by atoms with van der Waals surface area (Å²) in [4.78, 5) is 37.3. The van der Waals surface area contributed by atoms with Gasteiger partial charge in [0.15, 0.2) is 6.10 Å². The average Bonchev–Trinajstić information content (AvgIpc) is 3.11. The van der Waals surface area contributed by atoms with Crippen LogP contribution in [0.25, 0.3) is 0 Å². The van der Waals surface area contributed by atoms with Crippen molar-refractivity contribution in [1.29, 1.82) is 0 Å².